The minimum absolute atomic E-state index is 0.686. The van der Waals surface area contributed by atoms with Crippen LogP contribution in [-0.2, 0) is 0 Å². The fraction of sp³-hybridized carbons (Fsp3) is 0. The van der Waals surface area contributed by atoms with Gasteiger partial charge in [-0.2, -0.15) is 0 Å². The largest absolute Gasteiger partial charge is 0.278 e. The highest BCUT2D eigenvalue weighted by Gasteiger charge is 2.20. The summed E-state index contributed by atoms with van der Waals surface area (Å²) in [7, 11) is 0. The Kier molecular flexibility index (Phi) is 5.83. The zero-order valence-corrected chi connectivity index (χ0v) is 27.7. The van der Waals surface area contributed by atoms with Gasteiger partial charge in [-0.3, -0.25) is 4.57 Å². The van der Waals surface area contributed by atoms with Crippen molar-refractivity contribution in [3.8, 4) is 28.3 Å². The maximum Gasteiger partial charge on any atom is 0.235 e. The minimum atomic E-state index is 0.686. The van der Waals surface area contributed by atoms with Crippen LogP contribution < -0.4 is 0 Å². The summed E-state index contributed by atoms with van der Waals surface area (Å²) in [5, 5.41) is 11.3. The Morgan fingerprint density at radius 3 is 1.50 bits per heavy atom. The first kappa shape index (κ1) is 27.6. The van der Waals surface area contributed by atoms with E-state index < -0.39 is 0 Å². The van der Waals surface area contributed by atoms with Gasteiger partial charge in [0.25, 0.3) is 0 Å². The molecule has 0 spiro atoms. The third kappa shape index (κ3) is 3.97. The molecule has 0 aliphatic heterocycles. The Hall–Kier alpha value is -6.36. The number of hydrogen-bond acceptors (Lipinski definition) is 3. The van der Waals surface area contributed by atoms with Gasteiger partial charge in [0.15, 0.2) is 0 Å². The lowest BCUT2D eigenvalue weighted by atomic mass is 9.92. The summed E-state index contributed by atoms with van der Waals surface area (Å²) in [6, 6.07) is 59.0. The molecule has 0 aliphatic rings. The summed E-state index contributed by atoms with van der Waals surface area (Å²) in [4.78, 5) is 10.7. The highest BCUT2D eigenvalue weighted by Crippen LogP contribution is 2.41. The van der Waals surface area contributed by atoms with E-state index in [1.807, 2.05) is 0 Å². The normalized spacial score (nSPS) is 12.0. The van der Waals surface area contributed by atoms with E-state index in [2.05, 4.69) is 168 Å². The zero-order valence-electron chi connectivity index (χ0n) is 26.8. The molecule has 0 radical (unpaired) electrons. The molecule has 4 heteroatoms. The van der Waals surface area contributed by atoms with E-state index in [1.54, 1.807) is 11.3 Å². The molecule has 11 aromatic rings. The summed E-state index contributed by atoms with van der Waals surface area (Å²) in [5.74, 6) is 0.686. The second kappa shape index (κ2) is 10.6. The van der Waals surface area contributed by atoms with Crippen molar-refractivity contribution in [2.45, 2.75) is 0 Å². The van der Waals surface area contributed by atoms with Gasteiger partial charge in [0.2, 0.25) is 5.95 Å². The number of hydrogen-bond donors (Lipinski definition) is 0. The van der Waals surface area contributed by atoms with Crippen molar-refractivity contribution in [2.24, 2.45) is 0 Å². The fourth-order valence-electron chi connectivity index (χ4n) is 7.92. The maximum atomic E-state index is 5.38. The van der Waals surface area contributed by atoms with E-state index >= 15 is 0 Å². The van der Waals surface area contributed by atoms with Crippen molar-refractivity contribution in [3.63, 3.8) is 0 Å². The van der Waals surface area contributed by atoms with Gasteiger partial charge in [-0.1, -0.05) is 140 Å². The number of rotatable bonds is 3. The first-order valence-corrected chi connectivity index (χ1v) is 17.7. The number of nitrogens with zero attached hydrogens (tertiary/aromatic N) is 3. The molecule has 11 rings (SSSR count). The molecular formula is C46H27N3S. The molecule has 3 heterocycles. The van der Waals surface area contributed by atoms with Crippen LogP contribution in [0.2, 0.25) is 0 Å². The van der Waals surface area contributed by atoms with Gasteiger partial charge in [0.05, 0.1) is 26.9 Å². The molecule has 8 aromatic carbocycles. The highest BCUT2D eigenvalue weighted by molar-refractivity contribution is 7.26. The van der Waals surface area contributed by atoms with Crippen LogP contribution in [0, 0.1) is 0 Å². The van der Waals surface area contributed by atoms with E-state index in [-0.39, 0.29) is 0 Å². The Morgan fingerprint density at radius 1 is 0.380 bits per heavy atom. The van der Waals surface area contributed by atoms with Gasteiger partial charge in [-0.25, -0.2) is 9.97 Å². The molecule has 232 valence electrons. The summed E-state index contributed by atoms with van der Waals surface area (Å²) in [6.07, 6.45) is 0. The van der Waals surface area contributed by atoms with Gasteiger partial charge in [0, 0.05) is 26.4 Å². The third-order valence-corrected chi connectivity index (χ3v) is 11.4. The lowest BCUT2D eigenvalue weighted by Gasteiger charge is -2.13. The van der Waals surface area contributed by atoms with Crippen LogP contribution in [0.3, 0.4) is 0 Å². The minimum Gasteiger partial charge on any atom is -0.278 e. The van der Waals surface area contributed by atoms with Crippen LogP contribution in [-0.4, -0.2) is 14.5 Å². The predicted octanol–water partition coefficient (Wildman–Crippen LogP) is 12.7. The molecule has 50 heavy (non-hydrogen) atoms. The first-order chi connectivity index (χ1) is 24.8. The zero-order chi connectivity index (χ0) is 32.8. The Morgan fingerprint density at radius 2 is 0.860 bits per heavy atom. The average molecular weight is 654 g/mol. The van der Waals surface area contributed by atoms with E-state index in [1.165, 1.54) is 58.9 Å². The number of aromatic nitrogens is 3. The summed E-state index contributed by atoms with van der Waals surface area (Å²) < 4.78 is 4.54. The molecule has 0 fully saturated rings. The molecule has 0 saturated heterocycles. The molecule has 0 bridgehead atoms. The van der Waals surface area contributed by atoms with E-state index in [4.69, 9.17) is 9.97 Å². The molecule has 3 nitrogen and oxygen atoms in total. The lowest BCUT2D eigenvalue weighted by molar-refractivity contribution is 1.02. The molecule has 0 N–H and O–H groups in total. The fourth-order valence-corrected chi connectivity index (χ4v) is 9.07. The van der Waals surface area contributed by atoms with Crippen LogP contribution in [0.4, 0.5) is 0 Å². The molecular weight excluding hydrogens is 627 g/mol. The number of benzene rings is 8. The van der Waals surface area contributed by atoms with Gasteiger partial charge >= 0.3 is 0 Å². The van der Waals surface area contributed by atoms with Crippen molar-refractivity contribution in [3.05, 3.63) is 164 Å². The SMILES string of the molecule is c1ccc2c(c1)sc1c(-c3ccc(-c4ccc5c6ccccc6c6ccccc6c5c4)cc3)nc(-n3c4ccccc4c4ccccc43)nc12. The summed E-state index contributed by atoms with van der Waals surface area (Å²) >= 11 is 1.77. The third-order valence-electron chi connectivity index (χ3n) is 10.2. The molecule has 0 aliphatic carbocycles. The Bertz CT molecular complexity index is 3060. The van der Waals surface area contributed by atoms with E-state index in [0.717, 1.165) is 37.9 Å². The van der Waals surface area contributed by atoms with Gasteiger partial charge < -0.3 is 0 Å². The van der Waals surface area contributed by atoms with Crippen molar-refractivity contribution >= 4 is 85.8 Å². The van der Waals surface area contributed by atoms with E-state index in [0.29, 0.717) is 5.95 Å². The molecule has 0 atom stereocenters. The van der Waals surface area contributed by atoms with Gasteiger partial charge in [0.1, 0.15) is 0 Å². The average Bonchev–Trinajstić information content (AvgIpc) is 3.73. The molecule has 3 aromatic heterocycles. The Labute approximate surface area is 291 Å². The van der Waals surface area contributed by atoms with Gasteiger partial charge in [-0.05, 0) is 67.7 Å². The second-order valence-electron chi connectivity index (χ2n) is 12.9. The smallest absolute Gasteiger partial charge is 0.235 e. The number of thiophene rings is 1. The van der Waals surface area contributed by atoms with Crippen molar-refractivity contribution in [1.82, 2.24) is 14.5 Å². The van der Waals surface area contributed by atoms with Crippen LogP contribution >= 0.6 is 11.3 Å². The van der Waals surface area contributed by atoms with Crippen molar-refractivity contribution in [1.29, 1.82) is 0 Å². The van der Waals surface area contributed by atoms with Crippen molar-refractivity contribution in [2.75, 3.05) is 0 Å². The number of fused-ring (bicyclic) bond motifs is 12. The second-order valence-corrected chi connectivity index (χ2v) is 14.0. The quantitative estimate of drug-likeness (QED) is 0.178. The van der Waals surface area contributed by atoms with E-state index in [9.17, 15) is 0 Å². The van der Waals surface area contributed by atoms with Crippen LogP contribution in [0.5, 0.6) is 0 Å². The summed E-state index contributed by atoms with van der Waals surface area (Å²) in [5.41, 5.74) is 7.60. The molecule has 0 amide bonds. The maximum absolute atomic E-state index is 5.38. The predicted molar refractivity (Wildman–Crippen MR) is 213 cm³/mol. The molecule has 0 saturated carbocycles. The lowest BCUT2D eigenvalue weighted by Crippen LogP contribution is -2.02. The topological polar surface area (TPSA) is 30.7 Å². The first-order valence-electron chi connectivity index (χ1n) is 16.9. The van der Waals surface area contributed by atoms with Crippen LogP contribution in [0.15, 0.2) is 164 Å². The van der Waals surface area contributed by atoms with Crippen LogP contribution in [0.1, 0.15) is 0 Å². The monoisotopic (exact) mass is 653 g/mol. The summed E-state index contributed by atoms with van der Waals surface area (Å²) in [6.45, 7) is 0. The van der Waals surface area contributed by atoms with Crippen molar-refractivity contribution < 1.29 is 0 Å². The van der Waals surface area contributed by atoms with Gasteiger partial charge in [-0.15, -0.1) is 11.3 Å². The Balaban J connectivity index is 1.11. The van der Waals surface area contributed by atoms with Crippen LogP contribution in [0.25, 0.3) is 103 Å². The molecule has 0 unspecified atom stereocenters. The number of para-hydroxylation sites is 2. The highest BCUT2D eigenvalue weighted by atomic mass is 32.1. The standard InChI is InChI=1S/C46H27N3S/c1-2-13-33-31(11-1)32-12-3-4-14-34(32)39-27-30(25-26-35(33)39)28-21-23-29(24-22-28)43-45-44(38-17-7-10-20-42(38)50-45)48-46(47-43)49-40-18-8-5-15-36(40)37-16-6-9-19-41(37)49/h1-27H.